The summed E-state index contributed by atoms with van der Waals surface area (Å²) in [5, 5.41) is 2.78. The quantitative estimate of drug-likeness (QED) is 0.819. The van der Waals surface area contributed by atoms with Gasteiger partial charge in [0.15, 0.2) is 0 Å². The van der Waals surface area contributed by atoms with Crippen LogP contribution in [0, 0.1) is 5.92 Å². The zero-order valence-corrected chi connectivity index (χ0v) is 15.1. The van der Waals surface area contributed by atoms with Crippen LogP contribution in [0.3, 0.4) is 0 Å². The van der Waals surface area contributed by atoms with Gasteiger partial charge in [0.1, 0.15) is 6.04 Å². The zero-order valence-electron chi connectivity index (χ0n) is 15.1. The molecule has 0 aromatic heterocycles. The fourth-order valence-electron chi connectivity index (χ4n) is 2.34. The van der Waals surface area contributed by atoms with Crippen LogP contribution in [0.1, 0.15) is 52.2 Å². The summed E-state index contributed by atoms with van der Waals surface area (Å²) >= 11 is 0. The molecule has 1 atom stereocenters. The Kier molecular flexibility index (Phi) is 6.79. The highest BCUT2D eigenvalue weighted by molar-refractivity contribution is 5.84. The number of hydrogen-bond acceptors (Lipinski definition) is 3. The predicted molar refractivity (Wildman–Crippen MR) is 92.2 cm³/mol. The van der Waals surface area contributed by atoms with Gasteiger partial charge in [-0.15, -0.1) is 0 Å². The molecule has 4 nitrogen and oxygen atoms in total. The first-order valence-corrected chi connectivity index (χ1v) is 8.10. The van der Waals surface area contributed by atoms with Crippen LogP contribution in [-0.2, 0) is 26.2 Å². The van der Waals surface area contributed by atoms with Crippen molar-refractivity contribution in [2.24, 2.45) is 5.92 Å². The number of esters is 1. The van der Waals surface area contributed by atoms with Crippen LogP contribution >= 0.6 is 0 Å². The van der Waals surface area contributed by atoms with Crippen molar-refractivity contribution in [2.45, 2.75) is 58.9 Å². The molecule has 0 aliphatic carbocycles. The normalized spacial score (nSPS) is 12.8. The van der Waals surface area contributed by atoms with Gasteiger partial charge in [-0.3, -0.25) is 4.79 Å². The Labute approximate surface area is 139 Å². The van der Waals surface area contributed by atoms with Crippen LogP contribution in [-0.4, -0.2) is 25.0 Å². The smallest absolute Gasteiger partial charge is 0.328 e. The summed E-state index contributed by atoms with van der Waals surface area (Å²) in [4.78, 5) is 23.9. The Balaban J connectivity index is 2.81. The highest BCUT2D eigenvalue weighted by atomic mass is 16.5. The van der Waals surface area contributed by atoms with Crippen LogP contribution < -0.4 is 5.32 Å². The van der Waals surface area contributed by atoms with Crippen molar-refractivity contribution in [3.63, 3.8) is 0 Å². The third kappa shape index (κ3) is 6.43. The van der Waals surface area contributed by atoms with Gasteiger partial charge in [0.05, 0.1) is 7.11 Å². The lowest BCUT2D eigenvalue weighted by molar-refractivity contribution is -0.145. The lowest BCUT2D eigenvalue weighted by Gasteiger charge is -2.20. The summed E-state index contributed by atoms with van der Waals surface area (Å²) in [6.07, 6.45) is 0.831. The first-order valence-electron chi connectivity index (χ1n) is 8.10. The van der Waals surface area contributed by atoms with Crippen molar-refractivity contribution in [1.82, 2.24) is 5.32 Å². The van der Waals surface area contributed by atoms with E-state index in [1.807, 2.05) is 26.0 Å². The van der Waals surface area contributed by atoms with E-state index >= 15 is 0 Å². The number of amides is 1. The van der Waals surface area contributed by atoms with Crippen molar-refractivity contribution >= 4 is 11.9 Å². The molecule has 0 heterocycles. The van der Waals surface area contributed by atoms with Crippen LogP contribution in [0.5, 0.6) is 0 Å². The number of nitrogens with one attached hydrogen (secondary N) is 1. The standard InChI is InChI=1S/C19H29NO3/c1-13(2)11-17(21)20-16(18(22)23-6)12-14-7-9-15(10-8-14)19(3,4)5/h7-10,13,16H,11-12H2,1-6H3,(H,20,21)/t16-/m0/s1. The van der Waals surface area contributed by atoms with Gasteiger partial charge < -0.3 is 10.1 Å². The van der Waals surface area contributed by atoms with Crippen molar-refractivity contribution in [2.75, 3.05) is 7.11 Å². The molecule has 1 N–H and O–H groups in total. The van der Waals surface area contributed by atoms with Crippen molar-refractivity contribution in [1.29, 1.82) is 0 Å². The Morgan fingerprint density at radius 2 is 1.70 bits per heavy atom. The maximum absolute atomic E-state index is 11.9. The van der Waals surface area contributed by atoms with E-state index < -0.39 is 12.0 Å². The molecule has 4 heteroatoms. The van der Waals surface area contributed by atoms with E-state index in [0.29, 0.717) is 12.8 Å². The fourth-order valence-corrected chi connectivity index (χ4v) is 2.34. The van der Waals surface area contributed by atoms with Gasteiger partial charge in [-0.2, -0.15) is 0 Å². The molecule has 0 saturated heterocycles. The van der Waals surface area contributed by atoms with E-state index in [1.54, 1.807) is 0 Å². The second-order valence-electron chi connectivity index (χ2n) is 7.39. The average Bonchev–Trinajstić information content (AvgIpc) is 2.44. The summed E-state index contributed by atoms with van der Waals surface area (Å²) in [6.45, 7) is 10.4. The summed E-state index contributed by atoms with van der Waals surface area (Å²) in [5.74, 6) is -0.289. The number of hydrogen-bond donors (Lipinski definition) is 1. The number of carbonyl (C=O) groups is 2. The Morgan fingerprint density at radius 3 is 2.13 bits per heavy atom. The van der Waals surface area contributed by atoms with Crippen molar-refractivity contribution < 1.29 is 14.3 Å². The SMILES string of the molecule is COC(=O)[C@H](Cc1ccc(C(C)(C)C)cc1)NC(=O)CC(C)C. The first kappa shape index (κ1) is 19.2. The molecule has 0 radical (unpaired) electrons. The summed E-state index contributed by atoms with van der Waals surface area (Å²) in [7, 11) is 1.34. The third-order valence-electron chi connectivity index (χ3n) is 3.67. The minimum atomic E-state index is -0.647. The van der Waals surface area contributed by atoms with Crippen LogP contribution in [0.2, 0.25) is 0 Å². The van der Waals surface area contributed by atoms with E-state index in [1.165, 1.54) is 12.7 Å². The van der Waals surface area contributed by atoms with Gasteiger partial charge in [-0.05, 0) is 22.5 Å². The molecule has 1 aromatic carbocycles. The molecule has 23 heavy (non-hydrogen) atoms. The average molecular weight is 319 g/mol. The second kappa shape index (κ2) is 8.14. The molecule has 1 aromatic rings. The minimum absolute atomic E-state index is 0.0890. The Bertz CT molecular complexity index is 527. The van der Waals surface area contributed by atoms with Gasteiger partial charge >= 0.3 is 5.97 Å². The topological polar surface area (TPSA) is 55.4 Å². The number of carbonyl (C=O) groups excluding carboxylic acids is 2. The summed E-state index contributed by atoms with van der Waals surface area (Å²) in [6, 6.07) is 7.50. The van der Waals surface area contributed by atoms with Crippen LogP contribution in [0.25, 0.3) is 0 Å². The number of rotatable bonds is 6. The monoisotopic (exact) mass is 319 g/mol. The highest BCUT2D eigenvalue weighted by Gasteiger charge is 2.22. The molecule has 0 aliphatic heterocycles. The summed E-state index contributed by atoms with van der Waals surface area (Å²) < 4.78 is 4.81. The first-order chi connectivity index (χ1) is 10.6. The number of ether oxygens (including phenoxy) is 1. The molecule has 0 unspecified atom stereocenters. The van der Waals surface area contributed by atoms with Crippen LogP contribution in [0.15, 0.2) is 24.3 Å². The van der Waals surface area contributed by atoms with E-state index in [4.69, 9.17) is 4.74 Å². The fraction of sp³-hybridized carbons (Fsp3) is 0.579. The van der Waals surface area contributed by atoms with Crippen molar-refractivity contribution in [3.05, 3.63) is 35.4 Å². The Morgan fingerprint density at radius 1 is 1.13 bits per heavy atom. The van der Waals surface area contributed by atoms with Gasteiger partial charge in [0.2, 0.25) is 5.91 Å². The molecule has 0 aliphatic rings. The molecular formula is C19H29NO3. The lowest BCUT2D eigenvalue weighted by atomic mass is 9.86. The molecule has 0 bridgehead atoms. The maximum Gasteiger partial charge on any atom is 0.328 e. The molecule has 128 valence electrons. The minimum Gasteiger partial charge on any atom is -0.467 e. The molecular weight excluding hydrogens is 290 g/mol. The van der Waals surface area contributed by atoms with E-state index in [-0.39, 0.29) is 17.2 Å². The second-order valence-corrected chi connectivity index (χ2v) is 7.39. The van der Waals surface area contributed by atoms with E-state index in [2.05, 4.69) is 38.2 Å². The molecule has 0 spiro atoms. The summed E-state index contributed by atoms with van der Waals surface area (Å²) in [5.41, 5.74) is 2.32. The van der Waals surface area contributed by atoms with Crippen LogP contribution in [0.4, 0.5) is 0 Å². The highest BCUT2D eigenvalue weighted by Crippen LogP contribution is 2.22. The van der Waals surface area contributed by atoms with Gasteiger partial charge in [0.25, 0.3) is 0 Å². The van der Waals surface area contributed by atoms with Gasteiger partial charge in [-0.1, -0.05) is 58.9 Å². The number of benzene rings is 1. The molecule has 0 saturated carbocycles. The van der Waals surface area contributed by atoms with E-state index in [0.717, 1.165) is 5.56 Å². The molecule has 0 fully saturated rings. The lowest BCUT2D eigenvalue weighted by Crippen LogP contribution is -2.43. The largest absolute Gasteiger partial charge is 0.467 e. The molecule has 1 amide bonds. The Hall–Kier alpha value is -1.84. The zero-order chi connectivity index (χ0) is 17.6. The van der Waals surface area contributed by atoms with Crippen molar-refractivity contribution in [3.8, 4) is 0 Å². The third-order valence-corrected chi connectivity index (χ3v) is 3.67. The number of methoxy groups -OCH3 is 1. The predicted octanol–water partition coefficient (Wildman–Crippen LogP) is 3.23. The van der Waals surface area contributed by atoms with Gasteiger partial charge in [0, 0.05) is 12.8 Å². The molecule has 1 rings (SSSR count). The maximum atomic E-state index is 11.9. The van der Waals surface area contributed by atoms with Gasteiger partial charge in [-0.25, -0.2) is 4.79 Å². The van der Waals surface area contributed by atoms with E-state index in [9.17, 15) is 9.59 Å².